The molecule has 0 bridgehead atoms. The van der Waals surface area contributed by atoms with Gasteiger partial charge in [0.05, 0.1) is 25.2 Å². The number of amides is 1. The molecule has 7 heteroatoms. The number of thiophene rings is 1. The molecule has 156 valence electrons. The van der Waals surface area contributed by atoms with E-state index >= 15 is 0 Å². The summed E-state index contributed by atoms with van der Waals surface area (Å²) in [5.74, 6) is -0.567. The molecule has 0 aliphatic heterocycles. The van der Waals surface area contributed by atoms with Gasteiger partial charge in [0.25, 0.3) is 0 Å². The van der Waals surface area contributed by atoms with Crippen LogP contribution in [0.5, 0.6) is 0 Å². The lowest BCUT2D eigenvalue weighted by Gasteiger charge is -2.33. The Bertz CT molecular complexity index is 732. The number of rotatable bonds is 7. The second-order valence-corrected chi connectivity index (χ2v) is 9.19. The molecule has 1 heterocycles. The van der Waals surface area contributed by atoms with E-state index < -0.39 is 11.9 Å². The average Bonchev–Trinajstić information content (AvgIpc) is 2.96. The predicted octanol–water partition coefficient (Wildman–Crippen LogP) is 4.36. The molecule has 0 radical (unpaired) electrons. The molecule has 0 fully saturated rings. The number of carbonyl (C=O) groups excluding carboxylic acids is 3. The molecular weight excluding hydrogens is 378 g/mol. The maximum Gasteiger partial charge on any atom is 0.341 e. The Balaban J connectivity index is 2.21. The van der Waals surface area contributed by atoms with Crippen molar-refractivity contribution >= 4 is 34.2 Å². The van der Waals surface area contributed by atoms with Crippen molar-refractivity contribution in [3.05, 3.63) is 16.0 Å². The van der Waals surface area contributed by atoms with Crippen LogP contribution in [-0.2, 0) is 31.9 Å². The summed E-state index contributed by atoms with van der Waals surface area (Å²) in [5, 5.41) is 3.36. The minimum absolute atomic E-state index is 0.0194. The third-order valence-corrected chi connectivity index (χ3v) is 6.25. The maximum absolute atomic E-state index is 12.6. The third-order valence-electron chi connectivity index (χ3n) is 5.08. The summed E-state index contributed by atoms with van der Waals surface area (Å²) in [4.78, 5) is 37.5. The summed E-state index contributed by atoms with van der Waals surface area (Å²) in [7, 11) is 0. The fourth-order valence-electron chi connectivity index (χ4n) is 3.47. The molecule has 1 aliphatic rings. The lowest BCUT2D eigenvalue weighted by molar-refractivity contribution is -0.144. The molecule has 1 amide bonds. The number of anilines is 1. The predicted molar refractivity (Wildman–Crippen MR) is 110 cm³/mol. The van der Waals surface area contributed by atoms with Crippen LogP contribution in [0.4, 0.5) is 5.00 Å². The van der Waals surface area contributed by atoms with Crippen molar-refractivity contribution in [3.8, 4) is 0 Å². The highest BCUT2D eigenvalue weighted by molar-refractivity contribution is 7.17. The Morgan fingerprint density at radius 3 is 2.39 bits per heavy atom. The number of esters is 2. The van der Waals surface area contributed by atoms with Gasteiger partial charge in [-0.05, 0) is 50.0 Å². The number of nitrogens with one attached hydrogen (secondary N) is 1. The highest BCUT2D eigenvalue weighted by Gasteiger charge is 2.34. The van der Waals surface area contributed by atoms with E-state index in [1.54, 1.807) is 13.8 Å². The van der Waals surface area contributed by atoms with Gasteiger partial charge < -0.3 is 14.8 Å². The van der Waals surface area contributed by atoms with Gasteiger partial charge >= 0.3 is 11.9 Å². The van der Waals surface area contributed by atoms with Gasteiger partial charge in [0.2, 0.25) is 5.91 Å². The van der Waals surface area contributed by atoms with Gasteiger partial charge in [0.15, 0.2) is 0 Å². The van der Waals surface area contributed by atoms with Crippen molar-refractivity contribution in [3.63, 3.8) is 0 Å². The first-order valence-corrected chi connectivity index (χ1v) is 10.8. The van der Waals surface area contributed by atoms with E-state index in [0.29, 0.717) is 23.1 Å². The van der Waals surface area contributed by atoms with E-state index in [1.165, 1.54) is 11.3 Å². The van der Waals surface area contributed by atoms with E-state index in [0.717, 1.165) is 29.7 Å². The number of carbonyl (C=O) groups is 3. The average molecular weight is 410 g/mol. The standard InChI is InChI=1S/C21H31NO5S/c1-6-26-17(24)11-10-16(23)22-19-18(20(25)27-7-2)14-9-8-13(21(3,4)5)12-15(14)28-19/h13H,6-12H2,1-5H3,(H,22,23)/t13-/m0/s1. The minimum Gasteiger partial charge on any atom is -0.466 e. The molecule has 0 saturated carbocycles. The van der Waals surface area contributed by atoms with Gasteiger partial charge in [-0.25, -0.2) is 4.79 Å². The van der Waals surface area contributed by atoms with Crippen molar-refractivity contribution < 1.29 is 23.9 Å². The summed E-state index contributed by atoms with van der Waals surface area (Å²) in [6, 6.07) is 0. The lowest BCUT2D eigenvalue weighted by atomic mass is 9.72. The van der Waals surface area contributed by atoms with Gasteiger partial charge in [-0.1, -0.05) is 20.8 Å². The molecule has 1 atom stereocenters. The summed E-state index contributed by atoms with van der Waals surface area (Å²) in [6.45, 7) is 10.8. The van der Waals surface area contributed by atoms with Gasteiger partial charge in [-0.3, -0.25) is 9.59 Å². The largest absolute Gasteiger partial charge is 0.466 e. The molecule has 28 heavy (non-hydrogen) atoms. The molecule has 1 aromatic rings. The van der Waals surface area contributed by atoms with Gasteiger partial charge in [-0.15, -0.1) is 11.3 Å². The summed E-state index contributed by atoms with van der Waals surface area (Å²) < 4.78 is 10.1. The van der Waals surface area contributed by atoms with Crippen LogP contribution in [0.25, 0.3) is 0 Å². The molecular formula is C21H31NO5S. The van der Waals surface area contributed by atoms with Crippen LogP contribution in [0.2, 0.25) is 0 Å². The van der Waals surface area contributed by atoms with Gasteiger partial charge in [-0.2, -0.15) is 0 Å². The fraction of sp³-hybridized carbons (Fsp3) is 0.667. The van der Waals surface area contributed by atoms with E-state index in [1.807, 2.05) is 0 Å². The number of hydrogen-bond acceptors (Lipinski definition) is 6. The minimum atomic E-state index is -0.401. The molecule has 2 rings (SSSR count). The molecule has 0 aromatic carbocycles. The fourth-order valence-corrected chi connectivity index (χ4v) is 4.80. The van der Waals surface area contributed by atoms with Crippen molar-refractivity contribution in [2.24, 2.45) is 11.3 Å². The first-order chi connectivity index (χ1) is 13.2. The van der Waals surface area contributed by atoms with Crippen molar-refractivity contribution in [1.82, 2.24) is 0 Å². The van der Waals surface area contributed by atoms with Crippen LogP contribution < -0.4 is 5.32 Å². The van der Waals surface area contributed by atoms with Crippen LogP contribution in [0.3, 0.4) is 0 Å². The normalized spacial score (nSPS) is 16.2. The topological polar surface area (TPSA) is 81.7 Å². The first kappa shape index (κ1) is 22.4. The van der Waals surface area contributed by atoms with E-state index in [-0.39, 0.29) is 30.8 Å². The smallest absolute Gasteiger partial charge is 0.341 e. The highest BCUT2D eigenvalue weighted by atomic mass is 32.1. The second-order valence-electron chi connectivity index (χ2n) is 8.09. The van der Waals surface area contributed by atoms with E-state index in [2.05, 4.69) is 26.1 Å². The second kappa shape index (κ2) is 9.54. The van der Waals surface area contributed by atoms with Crippen molar-refractivity contribution in [1.29, 1.82) is 0 Å². The van der Waals surface area contributed by atoms with Crippen LogP contribution in [-0.4, -0.2) is 31.1 Å². The lowest BCUT2D eigenvalue weighted by Crippen LogP contribution is -2.26. The number of fused-ring (bicyclic) bond motifs is 1. The molecule has 0 spiro atoms. The molecule has 1 aliphatic carbocycles. The summed E-state index contributed by atoms with van der Waals surface area (Å²) >= 11 is 1.46. The zero-order chi connectivity index (χ0) is 20.9. The van der Waals surface area contributed by atoms with Gasteiger partial charge in [0.1, 0.15) is 5.00 Å². The molecule has 1 N–H and O–H groups in total. The Morgan fingerprint density at radius 2 is 1.79 bits per heavy atom. The Morgan fingerprint density at radius 1 is 1.11 bits per heavy atom. The molecule has 0 saturated heterocycles. The number of hydrogen-bond donors (Lipinski definition) is 1. The Hall–Kier alpha value is -1.89. The SMILES string of the molecule is CCOC(=O)CCC(=O)Nc1sc2c(c1C(=O)OCC)CC[C@H](C(C)(C)C)C2. The van der Waals surface area contributed by atoms with Crippen LogP contribution in [0.15, 0.2) is 0 Å². The maximum atomic E-state index is 12.6. The Kier molecular flexibility index (Phi) is 7.63. The van der Waals surface area contributed by atoms with E-state index in [9.17, 15) is 14.4 Å². The first-order valence-electron chi connectivity index (χ1n) is 9.94. The van der Waals surface area contributed by atoms with E-state index in [4.69, 9.17) is 9.47 Å². The van der Waals surface area contributed by atoms with Gasteiger partial charge in [0, 0.05) is 11.3 Å². The zero-order valence-corrected chi connectivity index (χ0v) is 18.3. The quantitative estimate of drug-likeness (QED) is 0.677. The summed E-state index contributed by atoms with van der Waals surface area (Å²) in [5.41, 5.74) is 1.68. The van der Waals surface area contributed by atoms with Crippen molar-refractivity contribution in [2.75, 3.05) is 18.5 Å². The third kappa shape index (κ3) is 5.56. The monoisotopic (exact) mass is 409 g/mol. The highest BCUT2D eigenvalue weighted by Crippen LogP contribution is 2.44. The van der Waals surface area contributed by atoms with Crippen LogP contribution in [0.1, 0.15) is 74.7 Å². The van der Waals surface area contributed by atoms with Crippen molar-refractivity contribution in [2.45, 2.75) is 66.7 Å². The van der Waals surface area contributed by atoms with Crippen LogP contribution in [0, 0.1) is 11.3 Å². The molecule has 1 aromatic heterocycles. The molecule has 0 unspecified atom stereocenters. The zero-order valence-electron chi connectivity index (χ0n) is 17.5. The summed E-state index contributed by atoms with van der Waals surface area (Å²) in [6.07, 6.45) is 2.75. The van der Waals surface area contributed by atoms with Crippen LogP contribution >= 0.6 is 11.3 Å². The molecule has 6 nitrogen and oxygen atoms in total. The Labute approximate surface area is 171 Å². The number of ether oxygens (including phenoxy) is 2.